The Labute approximate surface area is 153 Å². The molecular weight excluding hydrogens is 348 g/mol. The predicted octanol–water partition coefficient (Wildman–Crippen LogP) is 4.34. The van der Waals surface area contributed by atoms with Crippen molar-refractivity contribution in [3.8, 4) is 17.1 Å². The zero-order chi connectivity index (χ0) is 17.9. The second kappa shape index (κ2) is 6.97. The summed E-state index contributed by atoms with van der Waals surface area (Å²) in [5, 5.41) is 6.38. The fourth-order valence-corrected chi connectivity index (χ4v) is 3.42. The van der Waals surface area contributed by atoms with Crippen LogP contribution in [0, 0.1) is 0 Å². The molecule has 3 heterocycles. The van der Waals surface area contributed by atoms with E-state index in [9.17, 15) is 4.79 Å². The number of rotatable bonds is 5. The zero-order valence-electron chi connectivity index (χ0n) is 14.0. The van der Waals surface area contributed by atoms with Gasteiger partial charge in [0.1, 0.15) is 5.56 Å². The number of ether oxygens (including phenoxy) is 1. The van der Waals surface area contributed by atoms with Crippen LogP contribution in [0.3, 0.4) is 0 Å². The molecule has 0 fully saturated rings. The van der Waals surface area contributed by atoms with Gasteiger partial charge in [0.2, 0.25) is 5.88 Å². The van der Waals surface area contributed by atoms with Crippen LogP contribution in [0.15, 0.2) is 54.2 Å². The molecule has 4 rings (SSSR count). The number of hydrogen-bond donors (Lipinski definition) is 2. The van der Waals surface area contributed by atoms with Crippen molar-refractivity contribution in [2.75, 3.05) is 11.9 Å². The molecule has 0 unspecified atom stereocenters. The van der Waals surface area contributed by atoms with Gasteiger partial charge in [-0.3, -0.25) is 10.1 Å². The molecule has 0 aliphatic rings. The summed E-state index contributed by atoms with van der Waals surface area (Å²) >= 11 is 1.38. The van der Waals surface area contributed by atoms with Gasteiger partial charge in [0, 0.05) is 34.2 Å². The SMILES string of the molecule is CCOc1ncccc1C(=O)Nc1nc(-c2c[nH]c3ccccc23)cs1. The number of thiazole rings is 1. The van der Waals surface area contributed by atoms with E-state index in [4.69, 9.17) is 4.74 Å². The van der Waals surface area contributed by atoms with Crippen LogP contribution in [0.2, 0.25) is 0 Å². The fraction of sp³-hybridized carbons (Fsp3) is 0.105. The highest BCUT2D eigenvalue weighted by Crippen LogP contribution is 2.31. The van der Waals surface area contributed by atoms with E-state index < -0.39 is 0 Å². The number of carbonyl (C=O) groups excluding carboxylic acids is 1. The minimum Gasteiger partial charge on any atom is -0.477 e. The van der Waals surface area contributed by atoms with Gasteiger partial charge in [-0.15, -0.1) is 11.3 Å². The number of pyridine rings is 1. The van der Waals surface area contributed by atoms with Gasteiger partial charge >= 0.3 is 0 Å². The Hall–Kier alpha value is -3.19. The van der Waals surface area contributed by atoms with Crippen LogP contribution in [0.25, 0.3) is 22.2 Å². The summed E-state index contributed by atoms with van der Waals surface area (Å²) in [6, 6.07) is 11.4. The quantitative estimate of drug-likeness (QED) is 0.552. The van der Waals surface area contributed by atoms with Crippen LogP contribution in [0.5, 0.6) is 5.88 Å². The summed E-state index contributed by atoms with van der Waals surface area (Å²) in [5.41, 5.74) is 3.27. The maximum absolute atomic E-state index is 12.5. The van der Waals surface area contributed by atoms with Crippen molar-refractivity contribution < 1.29 is 9.53 Å². The molecule has 0 saturated heterocycles. The third-order valence-corrected chi connectivity index (χ3v) is 4.64. The van der Waals surface area contributed by atoms with E-state index in [1.165, 1.54) is 11.3 Å². The fourth-order valence-electron chi connectivity index (χ4n) is 2.72. The summed E-state index contributed by atoms with van der Waals surface area (Å²) in [6.07, 6.45) is 3.53. The molecule has 6 nitrogen and oxygen atoms in total. The lowest BCUT2D eigenvalue weighted by atomic mass is 10.1. The number of aromatic nitrogens is 3. The van der Waals surface area contributed by atoms with Gasteiger partial charge in [0.05, 0.1) is 12.3 Å². The van der Waals surface area contributed by atoms with Gasteiger partial charge in [-0.25, -0.2) is 9.97 Å². The first-order valence-electron chi connectivity index (χ1n) is 8.17. The molecular formula is C19H16N4O2S. The van der Waals surface area contributed by atoms with Crippen molar-refractivity contribution in [3.05, 3.63) is 59.7 Å². The summed E-state index contributed by atoms with van der Waals surface area (Å²) in [5.74, 6) is 0.0299. The lowest BCUT2D eigenvalue weighted by Gasteiger charge is -2.07. The van der Waals surface area contributed by atoms with Crippen LogP contribution in [0.1, 0.15) is 17.3 Å². The van der Waals surface area contributed by atoms with Crippen molar-refractivity contribution >= 4 is 33.3 Å². The summed E-state index contributed by atoms with van der Waals surface area (Å²) in [4.78, 5) is 24.4. The minimum atomic E-state index is -0.290. The lowest BCUT2D eigenvalue weighted by Crippen LogP contribution is -2.14. The number of carbonyl (C=O) groups is 1. The molecule has 2 N–H and O–H groups in total. The number of benzene rings is 1. The summed E-state index contributed by atoms with van der Waals surface area (Å²) < 4.78 is 5.42. The average Bonchev–Trinajstić information content (AvgIpc) is 3.29. The van der Waals surface area contributed by atoms with Gasteiger partial charge in [-0.05, 0) is 25.1 Å². The molecule has 26 heavy (non-hydrogen) atoms. The van der Waals surface area contributed by atoms with Gasteiger partial charge < -0.3 is 9.72 Å². The molecule has 4 aromatic rings. The summed E-state index contributed by atoms with van der Waals surface area (Å²) in [7, 11) is 0. The summed E-state index contributed by atoms with van der Waals surface area (Å²) in [6.45, 7) is 2.30. The zero-order valence-corrected chi connectivity index (χ0v) is 14.8. The second-order valence-corrected chi connectivity index (χ2v) is 6.39. The molecule has 0 spiro atoms. The number of aromatic amines is 1. The number of para-hydroxylation sites is 1. The molecule has 0 atom stereocenters. The van der Waals surface area contributed by atoms with Crippen LogP contribution < -0.4 is 10.1 Å². The third-order valence-electron chi connectivity index (χ3n) is 3.89. The van der Waals surface area contributed by atoms with Crippen molar-refractivity contribution in [3.63, 3.8) is 0 Å². The lowest BCUT2D eigenvalue weighted by molar-refractivity contribution is 0.102. The molecule has 3 aromatic heterocycles. The second-order valence-electron chi connectivity index (χ2n) is 5.53. The Bertz CT molecular complexity index is 1070. The number of nitrogens with one attached hydrogen (secondary N) is 2. The maximum Gasteiger partial charge on any atom is 0.262 e. The monoisotopic (exact) mass is 364 g/mol. The van der Waals surface area contributed by atoms with Gasteiger partial charge in [0.25, 0.3) is 5.91 Å². The highest BCUT2D eigenvalue weighted by Gasteiger charge is 2.16. The Kier molecular flexibility index (Phi) is 4.37. The van der Waals surface area contributed by atoms with E-state index in [1.54, 1.807) is 18.3 Å². The van der Waals surface area contributed by atoms with Gasteiger partial charge in [-0.2, -0.15) is 0 Å². The number of hydrogen-bond acceptors (Lipinski definition) is 5. The van der Waals surface area contributed by atoms with Crippen molar-refractivity contribution in [1.29, 1.82) is 0 Å². The van der Waals surface area contributed by atoms with Gasteiger partial charge in [0.15, 0.2) is 5.13 Å². The predicted molar refractivity (Wildman–Crippen MR) is 103 cm³/mol. The first-order chi connectivity index (χ1) is 12.8. The molecule has 1 aromatic carbocycles. The molecule has 7 heteroatoms. The average molecular weight is 364 g/mol. The number of fused-ring (bicyclic) bond motifs is 1. The molecule has 0 radical (unpaired) electrons. The van der Waals surface area contributed by atoms with Crippen LogP contribution >= 0.6 is 11.3 Å². The van der Waals surface area contributed by atoms with Crippen molar-refractivity contribution in [1.82, 2.24) is 15.0 Å². The highest BCUT2D eigenvalue weighted by molar-refractivity contribution is 7.14. The van der Waals surface area contributed by atoms with Crippen molar-refractivity contribution in [2.24, 2.45) is 0 Å². The first kappa shape index (κ1) is 16.3. The molecule has 0 saturated carbocycles. The minimum absolute atomic E-state index is 0.290. The number of amides is 1. The van der Waals surface area contributed by atoms with Crippen LogP contribution in [-0.2, 0) is 0 Å². The third kappa shape index (κ3) is 3.04. The number of H-pyrrole nitrogens is 1. The smallest absolute Gasteiger partial charge is 0.262 e. The molecule has 1 amide bonds. The molecule has 0 aliphatic heterocycles. The van der Waals surface area contributed by atoms with Crippen LogP contribution in [0.4, 0.5) is 5.13 Å². The Morgan fingerprint density at radius 1 is 1.27 bits per heavy atom. The highest BCUT2D eigenvalue weighted by atomic mass is 32.1. The van der Waals surface area contributed by atoms with E-state index in [1.807, 2.05) is 42.8 Å². The standard InChI is InChI=1S/C19H16N4O2S/c1-2-25-18-13(7-5-9-20-18)17(24)23-19-22-16(11-26-19)14-10-21-15-8-4-3-6-12(14)15/h3-11,21H,2H2,1H3,(H,22,23,24). The first-order valence-corrected chi connectivity index (χ1v) is 9.05. The van der Waals surface area contributed by atoms with E-state index in [0.717, 1.165) is 22.2 Å². The topological polar surface area (TPSA) is 79.9 Å². The van der Waals surface area contributed by atoms with E-state index in [0.29, 0.717) is 23.2 Å². The van der Waals surface area contributed by atoms with E-state index in [-0.39, 0.29) is 5.91 Å². The van der Waals surface area contributed by atoms with E-state index >= 15 is 0 Å². The maximum atomic E-state index is 12.5. The Balaban J connectivity index is 1.58. The largest absolute Gasteiger partial charge is 0.477 e. The van der Waals surface area contributed by atoms with Gasteiger partial charge in [-0.1, -0.05) is 18.2 Å². The Morgan fingerprint density at radius 2 is 2.15 bits per heavy atom. The van der Waals surface area contributed by atoms with E-state index in [2.05, 4.69) is 20.3 Å². The van der Waals surface area contributed by atoms with Crippen LogP contribution in [-0.4, -0.2) is 27.5 Å². The van der Waals surface area contributed by atoms with Crippen molar-refractivity contribution in [2.45, 2.75) is 6.92 Å². The number of anilines is 1. The molecule has 0 aliphatic carbocycles. The molecule has 130 valence electrons. The Morgan fingerprint density at radius 3 is 3.04 bits per heavy atom. The normalized spacial score (nSPS) is 10.8. The number of nitrogens with zero attached hydrogens (tertiary/aromatic N) is 2. The molecule has 0 bridgehead atoms.